The van der Waals surface area contributed by atoms with E-state index in [0.29, 0.717) is 5.75 Å². The van der Waals surface area contributed by atoms with Gasteiger partial charge in [-0.15, -0.1) is 0 Å². The molecule has 1 aromatic rings. The van der Waals surface area contributed by atoms with E-state index in [0.717, 1.165) is 16.5 Å². The molecule has 1 unspecified atom stereocenters. The van der Waals surface area contributed by atoms with Crippen LogP contribution < -0.4 is 10.1 Å². The third-order valence-electron chi connectivity index (χ3n) is 2.84. The fraction of sp³-hybridized carbons (Fsp3) is 0.500. The molecule has 0 aromatic heterocycles. The van der Waals surface area contributed by atoms with Gasteiger partial charge in [-0.3, -0.25) is 0 Å². The van der Waals surface area contributed by atoms with Gasteiger partial charge in [-0.1, -0.05) is 15.9 Å². The second-order valence-corrected chi connectivity index (χ2v) is 5.63. The molecule has 0 saturated carbocycles. The van der Waals surface area contributed by atoms with Gasteiger partial charge in [-0.2, -0.15) is 0 Å². The lowest BCUT2D eigenvalue weighted by Crippen LogP contribution is -2.39. The lowest BCUT2D eigenvalue weighted by Gasteiger charge is -2.37. The van der Waals surface area contributed by atoms with Crippen LogP contribution in [0.25, 0.3) is 0 Å². The van der Waals surface area contributed by atoms with Crippen molar-refractivity contribution in [3.63, 3.8) is 0 Å². The second-order valence-electron chi connectivity index (χ2n) is 4.71. The summed E-state index contributed by atoms with van der Waals surface area (Å²) >= 11 is 3.30. The van der Waals surface area contributed by atoms with Crippen molar-refractivity contribution in [2.75, 3.05) is 7.05 Å². The number of fused-ring (bicyclic) bond motifs is 1. The largest absolute Gasteiger partial charge is 0.484 e. The van der Waals surface area contributed by atoms with Crippen LogP contribution in [0.1, 0.15) is 31.9 Å². The van der Waals surface area contributed by atoms with Crippen LogP contribution in [0.15, 0.2) is 16.6 Å². The van der Waals surface area contributed by atoms with E-state index in [-0.39, 0.29) is 17.5 Å². The number of hydrogen-bond donors (Lipinski definition) is 1. The molecule has 0 amide bonds. The molecule has 0 saturated heterocycles. The zero-order valence-electron chi connectivity index (χ0n) is 9.60. The van der Waals surface area contributed by atoms with E-state index in [9.17, 15) is 4.39 Å². The number of halogens is 2. The number of benzene rings is 1. The van der Waals surface area contributed by atoms with E-state index < -0.39 is 0 Å². The second kappa shape index (κ2) is 4.00. The average molecular weight is 288 g/mol. The molecular formula is C12H15BrFNO. The number of ether oxygens (including phenoxy) is 1. The highest BCUT2D eigenvalue weighted by Gasteiger charge is 2.34. The van der Waals surface area contributed by atoms with E-state index in [1.807, 2.05) is 27.0 Å². The molecule has 0 spiro atoms. The minimum absolute atomic E-state index is 0.130. The molecule has 0 aliphatic carbocycles. The maximum Gasteiger partial charge on any atom is 0.166 e. The molecule has 1 aliphatic heterocycles. The molecule has 0 radical (unpaired) electrons. The van der Waals surface area contributed by atoms with Crippen LogP contribution >= 0.6 is 15.9 Å². The Hall–Kier alpha value is -0.610. The third-order valence-corrected chi connectivity index (χ3v) is 3.29. The molecule has 16 heavy (non-hydrogen) atoms. The van der Waals surface area contributed by atoms with E-state index in [2.05, 4.69) is 21.2 Å². The Morgan fingerprint density at radius 1 is 1.50 bits per heavy atom. The zero-order chi connectivity index (χ0) is 11.9. The first-order valence-corrected chi connectivity index (χ1v) is 6.07. The minimum Gasteiger partial charge on any atom is -0.484 e. The maximum absolute atomic E-state index is 13.8. The Morgan fingerprint density at radius 2 is 2.19 bits per heavy atom. The SMILES string of the molecule is CNC1CC(C)(C)Oc2c(F)cc(Br)cc21. The normalized spacial score (nSPS) is 22.4. The predicted molar refractivity (Wildman–Crippen MR) is 65.2 cm³/mol. The minimum atomic E-state index is -0.338. The fourth-order valence-corrected chi connectivity index (χ4v) is 2.57. The van der Waals surface area contributed by atoms with Crippen LogP contribution in [0.2, 0.25) is 0 Å². The van der Waals surface area contributed by atoms with Gasteiger partial charge in [-0.25, -0.2) is 4.39 Å². The molecule has 1 heterocycles. The Kier molecular flexibility index (Phi) is 2.97. The molecular weight excluding hydrogens is 273 g/mol. The summed E-state index contributed by atoms with van der Waals surface area (Å²) in [5.41, 5.74) is 0.545. The summed E-state index contributed by atoms with van der Waals surface area (Å²) in [6.45, 7) is 3.95. The van der Waals surface area contributed by atoms with Gasteiger partial charge < -0.3 is 10.1 Å². The van der Waals surface area contributed by atoms with Crippen molar-refractivity contribution in [3.8, 4) is 5.75 Å². The highest BCUT2D eigenvalue weighted by molar-refractivity contribution is 9.10. The summed E-state index contributed by atoms with van der Waals surface area (Å²) in [5, 5.41) is 3.20. The lowest BCUT2D eigenvalue weighted by atomic mass is 9.90. The number of nitrogens with one attached hydrogen (secondary N) is 1. The van der Waals surface area contributed by atoms with Crippen molar-refractivity contribution in [2.24, 2.45) is 0 Å². The van der Waals surface area contributed by atoms with Crippen molar-refractivity contribution in [1.29, 1.82) is 0 Å². The highest BCUT2D eigenvalue weighted by atomic mass is 79.9. The Morgan fingerprint density at radius 3 is 2.81 bits per heavy atom. The van der Waals surface area contributed by atoms with Crippen molar-refractivity contribution >= 4 is 15.9 Å². The van der Waals surface area contributed by atoms with Gasteiger partial charge in [0, 0.05) is 22.5 Å². The van der Waals surface area contributed by atoms with Crippen molar-refractivity contribution in [2.45, 2.75) is 31.9 Å². The third kappa shape index (κ3) is 2.09. The van der Waals surface area contributed by atoms with E-state index in [1.165, 1.54) is 6.07 Å². The number of hydrogen-bond acceptors (Lipinski definition) is 2. The van der Waals surface area contributed by atoms with E-state index >= 15 is 0 Å². The van der Waals surface area contributed by atoms with E-state index in [1.54, 1.807) is 0 Å². The van der Waals surface area contributed by atoms with Crippen LogP contribution in [-0.2, 0) is 0 Å². The molecule has 1 N–H and O–H groups in total. The van der Waals surface area contributed by atoms with Gasteiger partial charge >= 0.3 is 0 Å². The molecule has 4 heteroatoms. The van der Waals surface area contributed by atoms with Gasteiger partial charge in [0.25, 0.3) is 0 Å². The van der Waals surface area contributed by atoms with Crippen molar-refractivity contribution in [3.05, 3.63) is 28.0 Å². The number of rotatable bonds is 1. The topological polar surface area (TPSA) is 21.3 Å². The van der Waals surface area contributed by atoms with Crippen LogP contribution in [0, 0.1) is 5.82 Å². The van der Waals surface area contributed by atoms with Crippen molar-refractivity contribution < 1.29 is 9.13 Å². The first kappa shape index (κ1) is 11.9. The average Bonchev–Trinajstić information content (AvgIpc) is 2.18. The molecule has 1 atom stereocenters. The summed E-state index contributed by atoms with van der Waals surface area (Å²) in [4.78, 5) is 0. The first-order valence-electron chi connectivity index (χ1n) is 5.28. The fourth-order valence-electron chi connectivity index (χ4n) is 2.12. The lowest BCUT2D eigenvalue weighted by molar-refractivity contribution is 0.0621. The predicted octanol–water partition coefficient (Wildman–Crippen LogP) is 3.41. The molecule has 1 aliphatic rings. The molecule has 1 aromatic carbocycles. The molecule has 2 nitrogen and oxygen atoms in total. The van der Waals surface area contributed by atoms with Crippen LogP contribution in [0.4, 0.5) is 4.39 Å². The van der Waals surface area contributed by atoms with Gasteiger partial charge in [-0.05, 0) is 33.0 Å². The van der Waals surface area contributed by atoms with E-state index in [4.69, 9.17) is 4.74 Å². The summed E-state index contributed by atoms with van der Waals surface area (Å²) in [5.74, 6) is 0.0659. The standard InChI is InChI=1S/C12H15BrFNO/c1-12(2)6-10(15-3)8-4-7(13)5-9(14)11(8)16-12/h4-5,10,15H,6H2,1-3H3. The highest BCUT2D eigenvalue weighted by Crippen LogP contribution is 2.42. The van der Waals surface area contributed by atoms with Gasteiger partial charge in [0.05, 0.1) is 0 Å². The summed E-state index contributed by atoms with van der Waals surface area (Å²) in [7, 11) is 1.88. The summed E-state index contributed by atoms with van der Waals surface area (Å²) in [6, 6.07) is 3.48. The van der Waals surface area contributed by atoms with Crippen molar-refractivity contribution in [1.82, 2.24) is 5.32 Å². The molecule has 88 valence electrons. The quantitative estimate of drug-likeness (QED) is 0.855. The monoisotopic (exact) mass is 287 g/mol. The Bertz CT molecular complexity index is 420. The van der Waals surface area contributed by atoms with Gasteiger partial charge in [0.1, 0.15) is 5.60 Å². The van der Waals surface area contributed by atoms with Crippen LogP contribution in [0.5, 0.6) is 5.75 Å². The smallest absolute Gasteiger partial charge is 0.166 e. The Balaban J connectivity index is 2.54. The van der Waals surface area contributed by atoms with Gasteiger partial charge in [0.15, 0.2) is 11.6 Å². The Labute approximate surface area is 103 Å². The van der Waals surface area contributed by atoms with Gasteiger partial charge in [0.2, 0.25) is 0 Å². The summed E-state index contributed by atoms with van der Waals surface area (Å²) in [6.07, 6.45) is 0.826. The van der Waals surface area contributed by atoms with Crippen LogP contribution in [-0.4, -0.2) is 12.6 Å². The summed E-state index contributed by atoms with van der Waals surface area (Å²) < 4.78 is 20.2. The van der Waals surface area contributed by atoms with Crippen LogP contribution in [0.3, 0.4) is 0 Å². The molecule has 0 bridgehead atoms. The zero-order valence-corrected chi connectivity index (χ0v) is 11.2. The first-order chi connectivity index (χ1) is 7.43. The molecule has 0 fully saturated rings. The molecule has 2 rings (SSSR count). The maximum atomic E-state index is 13.8.